The largest absolute Gasteiger partial charge is 0.396 e. The SMILES string of the molecule is O=C(C1CCCN1c1ncccn1)N1CCC(CO)CC1. The highest BCUT2D eigenvalue weighted by Gasteiger charge is 2.36. The molecule has 1 N–H and O–H groups in total. The van der Waals surface area contributed by atoms with Gasteiger partial charge in [0, 0.05) is 38.6 Å². The molecule has 1 unspecified atom stereocenters. The molecule has 114 valence electrons. The van der Waals surface area contributed by atoms with Gasteiger partial charge in [0.2, 0.25) is 11.9 Å². The molecular weight excluding hydrogens is 268 g/mol. The number of aliphatic hydroxyl groups excluding tert-OH is 1. The predicted molar refractivity (Wildman–Crippen MR) is 78.8 cm³/mol. The monoisotopic (exact) mass is 290 g/mol. The van der Waals surface area contributed by atoms with Crippen molar-refractivity contribution in [3.63, 3.8) is 0 Å². The molecule has 0 radical (unpaired) electrons. The second kappa shape index (κ2) is 6.39. The van der Waals surface area contributed by atoms with Crippen molar-refractivity contribution in [1.29, 1.82) is 0 Å². The van der Waals surface area contributed by atoms with Crippen molar-refractivity contribution in [3.05, 3.63) is 18.5 Å². The van der Waals surface area contributed by atoms with E-state index >= 15 is 0 Å². The van der Waals surface area contributed by atoms with E-state index in [4.69, 9.17) is 0 Å². The maximum Gasteiger partial charge on any atom is 0.245 e. The molecular formula is C15H22N4O2. The van der Waals surface area contributed by atoms with Crippen molar-refractivity contribution < 1.29 is 9.90 Å². The molecule has 0 saturated carbocycles. The Kier molecular flexibility index (Phi) is 4.34. The molecule has 0 spiro atoms. The minimum Gasteiger partial charge on any atom is -0.396 e. The fourth-order valence-electron chi connectivity index (χ4n) is 3.25. The van der Waals surface area contributed by atoms with Gasteiger partial charge in [-0.05, 0) is 37.7 Å². The maximum atomic E-state index is 12.7. The van der Waals surface area contributed by atoms with Crippen LogP contribution in [-0.2, 0) is 4.79 Å². The van der Waals surface area contributed by atoms with E-state index in [-0.39, 0.29) is 18.6 Å². The minimum atomic E-state index is -0.127. The lowest BCUT2D eigenvalue weighted by Crippen LogP contribution is -2.49. The number of hydrogen-bond donors (Lipinski definition) is 1. The zero-order chi connectivity index (χ0) is 14.7. The molecule has 0 aliphatic carbocycles. The first-order valence-electron chi connectivity index (χ1n) is 7.73. The first-order valence-corrected chi connectivity index (χ1v) is 7.73. The number of likely N-dealkylation sites (tertiary alicyclic amines) is 1. The minimum absolute atomic E-state index is 0.127. The average Bonchev–Trinajstić information content (AvgIpc) is 3.04. The highest BCUT2D eigenvalue weighted by molar-refractivity contribution is 5.85. The van der Waals surface area contributed by atoms with E-state index in [0.717, 1.165) is 45.3 Å². The van der Waals surface area contributed by atoms with Crippen LogP contribution in [0.15, 0.2) is 18.5 Å². The van der Waals surface area contributed by atoms with Crippen molar-refractivity contribution in [1.82, 2.24) is 14.9 Å². The van der Waals surface area contributed by atoms with E-state index in [1.807, 2.05) is 9.80 Å². The molecule has 6 nitrogen and oxygen atoms in total. The summed E-state index contributed by atoms with van der Waals surface area (Å²) in [5.74, 6) is 1.20. The van der Waals surface area contributed by atoms with Crippen LogP contribution in [0.5, 0.6) is 0 Å². The average molecular weight is 290 g/mol. The van der Waals surface area contributed by atoms with Crippen LogP contribution in [0.1, 0.15) is 25.7 Å². The number of piperidine rings is 1. The van der Waals surface area contributed by atoms with Gasteiger partial charge < -0.3 is 14.9 Å². The number of anilines is 1. The molecule has 21 heavy (non-hydrogen) atoms. The molecule has 2 fully saturated rings. The molecule has 2 aliphatic rings. The maximum absolute atomic E-state index is 12.7. The van der Waals surface area contributed by atoms with Gasteiger partial charge in [-0.1, -0.05) is 0 Å². The first-order chi connectivity index (χ1) is 10.3. The van der Waals surface area contributed by atoms with E-state index < -0.39 is 0 Å². The topological polar surface area (TPSA) is 69.6 Å². The summed E-state index contributed by atoms with van der Waals surface area (Å²) in [5.41, 5.74) is 0. The predicted octanol–water partition coefficient (Wildman–Crippen LogP) is 0.676. The number of hydrogen-bond acceptors (Lipinski definition) is 5. The van der Waals surface area contributed by atoms with Crippen molar-refractivity contribution in [2.75, 3.05) is 31.1 Å². The number of amides is 1. The van der Waals surface area contributed by atoms with Gasteiger partial charge in [0.25, 0.3) is 0 Å². The van der Waals surface area contributed by atoms with Crippen molar-refractivity contribution >= 4 is 11.9 Å². The first kappa shape index (κ1) is 14.3. The van der Waals surface area contributed by atoms with E-state index in [1.165, 1.54) is 0 Å². The Bertz CT molecular complexity index is 474. The Labute approximate surface area is 124 Å². The summed E-state index contributed by atoms with van der Waals surface area (Å²) in [6.45, 7) is 2.58. The highest BCUT2D eigenvalue weighted by atomic mass is 16.3. The fraction of sp³-hybridized carbons (Fsp3) is 0.667. The Morgan fingerprint density at radius 1 is 1.19 bits per heavy atom. The van der Waals surface area contributed by atoms with Gasteiger partial charge in [0.1, 0.15) is 6.04 Å². The second-order valence-electron chi connectivity index (χ2n) is 5.85. The summed E-state index contributed by atoms with van der Waals surface area (Å²) < 4.78 is 0. The molecule has 2 saturated heterocycles. The summed E-state index contributed by atoms with van der Waals surface area (Å²) in [4.78, 5) is 25.3. The van der Waals surface area contributed by atoms with Crippen LogP contribution in [0.4, 0.5) is 5.95 Å². The summed E-state index contributed by atoms with van der Waals surface area (Å²) in [6, 6.07) is 1.66. The zero-order valence-electron chi connectivity index (χ0n) is 12.2. The number of carbonyl (C=O) groups excluding carboxylic acids is 1. The van der Waals surface area contributed by atoms with E-state index in [0.29, 0.717) is 11.9 Å². The molecule has 1 atom stereocenters. The van der Waals surface area contributed by atoms with Crippen LogP contribution in [-0.4, -0.2) is 58.2 Å². The van der Waals surface area contributed by atoms with E-state index in [9.17, 15) is 9.90 Å². The molecule has 3 rings (SSSR count). The number of aromatic nitrogens is 2. The Morgan fingerprint density at radius 3 is 2.57 bits per heavy atom. The third-order valence-electron chi connectivity index (χ3n) is 4.53. The summed E-state index contributed by atoms with van der Waals surface area (Å²) in [5, 5.41) is 9.19. The van der Waals surface area contributed by atoms with Crippen LogP contribution in [0.25, 0.3) is 0 Å². The summed E-state index contributed by atoms with van der Waals surface area (Å²) in [6.07, 6.45) is 7.11. The summed E-state index contributed by atoms with van der Waals surface area (Å²) in [7, 11) is 0. The molecule has 6 heteroatoms. The van der Waals surface area contributed by atoms with Gasteiger partial charge in [0.05, 0.1) is 0 Å². The Balaban J connectivity index is 1.67. The van der Waals surface area contributed by atoms with Crippen LogP contribution in [0.2, 0.25) is 0 Å². The van der Waals surface area contributed by atoms with Gasteiger partial charge >= 0.3 is 0 Å². The highest BCUT2D eigenvalue weighted by Crippen LogP contribution is 2.25. The third-order valence-corrected chi connectivity index (χ3v) is 4.53. The lowest BCUT2D eigenvalue weighted by atomic mass is 9.97. The molecule has 0 aromatic carbocycles. The van der Waals surface area contributed by atoms with Crippen LogP contribution >= 0.6 is 0 Å². The fourth-order valence-corrected chi connectivity index (χ4v) is 3.25. The smallest absolute Gasteiger partial charge is 0.245 e. The van der Waals surface area contributed by atoms with Crippen molar-refractivity contribution in [3.8, 4) is 0 Å². The quantitative estimate of drug-likeness (QED) is 0.886. The molecule has 2 aliphatic heterocycles. The molecule has 1 amide bonds. The third kappa shape index (κ3) is 3.00. The van der Waals surface area contributed by atoms with Gasteiger partial charge in [-0.25, -0.2) is 9.97 Å². The lowest BCUT2D eigenvalue weighted by Gasteiger charge is -2.35. The summed E-state index contributed by atoms with van der Waals surface area (Å²) >= 11 is 0. The number of aliphatic hydroxyl groups is 1. The lowest BCUT2D eigenvalue weighted by molar-refractivity contribution is -0.134. The van der Waals surface area contributed by atoms with E-state index in [1.54, 1.807) is 18.5 Å². The second-order valence-corrected chi connectivity index (χ2v) is 5.85. The Morgan fingerprint density at radius 2 is 1.90 bits per heavy atom. The standard InChI is InChI=1S/C15H22N4O2/c20-11-12-4-9-18(10-5-12)14(21)13-3-1-8-19(13)15-16-6-2-7-17-15/h2,6-7,12-13,20H,1,3-5,8-11H2. The number of rotatable bonds is 3. The van der Waals surface area contributed by atoms with E-state index in [2.05, 4.69) is 9.97 Å². The van der Waals surface area contributed by atoms with Crippen LogP contribution in [0.3, 0.4) is 0 Å². The van der Waals surface area contributed by atoms with Crippen LogP contribution < -0.4 is 4.90 Å². The van der Waals surface area contributed by atoms with Crippen molar-refractivity contribution in [2.45, 2.75) is 31.7 Å². The van der Waals surface area contributed by atoms with Gasteiger partial charge in [-0.3, -0.25) is 4.79 Å². The molecule has 3 heterocycles. The van der Waals surface area contributed by atoms with Gasteiger partial charge in [0.15, 0.2) is 0 Å². The van der Waals surface area contributed by atoms with Crippen LogP contribution in [0, 0.1) is 5.92 Å². The number of carbonyl (C=O) groups is 1. The number of nitrogens with zero attached hydrogens (tertiary/aromatic N) is 4. The molecule has 0 bridgehead atoms. The normalized spacial score (nSPS) is 23.6. The van der Waals surface area contributed by atoms with Gasteiger partial charge in [-0.2, -0.15) is 0 Å². The van der Waals surface area contributed by atoms with Crippen molar-refractivity contribution in [2.24, 2.45) is 5.92 Å². The van der Waals surface area contributed by atoms with Gasteiger partial charge in [-0.15, -0.1) is 0 Å². The zero-order valence-corrected chi connectivity index (χ0v) is 12.2. The Hall–Kier alpha value is -1.69. The molecule has 1 aromatic heterocycles. The molecule has 1 aromatic rings.